The summed E-state index contributed by atoms with van der Waals surface area (Å²) in [5.41, 5.74) is 4.19. The van der Waals surface area contributed by atoms with E-state index in [1.165, 1.54) is 3.81 Å². The van der Waals surface area contributed by atoms with Gasteiger partial charge in [-0.25, -0.2) is 12.1 Å². The molecule has 0 aliphatic carbocycles. The Hall–Kier alpha value is -1.03. The van der Waals surface area contributed by atoms with Crippen molar-refractivity contribution in [3.63, 3.8) is 0 Å². The minimum atomic E-state index is -0.981. The van der Waals surface area contributed by atoms with Gasteiger partial charge in [-0.15, -0.1) is 0 Å². The number of aryl methyl sites for hydroxylation is 2. The fraction of sp³-hybridized carbons (Fsp3) is 0.280. The number of benzene rings is 2. The molecule has 3 aromatic rings. The van der Waals surface area contributed by atoms with E-state index < -0.39 is 8.07 Å². The largest absolute Gasteiger partial charge is 1.00 e. The van der Waals surface area contributed by atoms with E-state index in [1.54, 1.807) is 11.3 Å². The van der Waals surface area contributed by atoms with E-state index in [2.05, 4.69) is 83.8 Å². The molecule has 0 fully saturated rings. The van der Waals surface area contributed by atoms with Crippen LogP contribution in [0.4, 0.5) is 0 Å². The molecule has 162 valence electrons. The number of halogens is 2. The van der Waals surface area contributed by atoms with Crippen molar-refractivity contribution in [3.05, 3.63) is 77.9 Å². The molecule has 0 heterocycles. The molecule has 0 aliphatic rings. The van der Waals surface area contributed by atoms with Gasteiger partial charge in [-0.05, 0) is 36.6 Å². The van der Waals surface area contributed by atoms with E-state index in [0.717, 1.165) is 22.3 Å². The van der Waals surface area contributed by atoms with Crippen LogP contribution in [0.25, 0.3) is 11.1 Å². The topological polar surface area (TPSA) is 20.2 Å². The maximum atomic E-state index is 9.93. The maximum Gasteiger partial charge on any atom is 0.123 e. The molecule has 5 heteroatoms. The molecule has 0 amide bonds. The Labute approximate surface area is 208 Å². The van der Waals surface area contributed by atoms with Crippen molar-refractivity contribution in [2.45, 2.75) is 47.3 Å². The van der Waals surface area contributed by atoms with Gasteiger partial charge in [-0.3, -0.25) is 0 Å². The van der Waals surface area contributed by atoms with Crippen LogP contribution in [-0.2, 0) is 20.0 Å². The molecule has 0 spiro atoms. The third-order valence-electron chi connectivity index (χ3n) is 4.05. The Balaban J connectivity index is 0. The standard InChI is InChI=1S/C14H14O.C8H13Si.C3H6.2ClH.Ti/c1-10-8-11(2)14(13(15)9-10)12-6-4-3-5-7-12;1-9(2,3)8-6-4-5-7-8;1-3-2;;;/h3-9,15H,1-2H3;4-7H,1-3H3;1-2H3;2*1H;/q;-1;;;;+2/p-2. The van der Waals surface area contributed by atoms with E-state index in [1.807, 2.05) is 44.2 Å². The number of rotatable bonds is 2. The first-order valence-corrected chi connectivity index (χ1v) is 13.9. The van der Waals surface area contributed by atoms with E-state index in [9.17, 15) is 5.11 Å². The monoisotopic (exact) mass is 495 g/mol. The van der Waals surface area contributed by atoms with Crippen LogP contribution in [0.5, 0.6) is 5.75 Å². The average Bonchev–Trinajstić information content (AvgIpc) is 3.10. The van der Waals surface area contributed by atoms with Crippen molar-refractivity contribution in [2.75, 3.05) is 0 Å². The summed E-state index contributed by atoms with van der Waals surface area (Å²) in [6.07, 6.45) is 0. The molecular weight excluding hydrogens is 463 g/mol. The van der Waals surface area contributed by atoms with Gasteiger partial charge < -0.3 is 29.9 Å². The third kappa shape index (κ3) is 11.4. The summed E-state index contributed by atoms with van der Waals surface area (Å²) in [5.74, 6) is 0.360. The molecule has 1 nitrogen and oxygen atoms in total. The van der Waals surface area contributed by atoms with Crippen LogP contribution in [-0.4, -0.2) is 17.0 Å². The molecule has 30 heavy (non-hydrogen) atoms. The molecule has 3 rings (SSSR count). The summed E-state index contributed by atoms with van der Waals surface area (Å²) in [6, 6.07) is 22.5. The number of hydrogen-bond acceptors (Lipinski definition) is 1. The molecule has 3 aromatic carbocycles. The van der Waals surface area contributed by atoms with Crippen LogP contribution < -0.4 is 30.0 Å². The van der Waals surface area contributed by atoms with Crippen molar-refractivity contribution in [3.8, 4) is 16.9 Å². The fourth-order valence-corrected chi connectivity index (χ4v) is 3.99. The first-order valence-electron chi connectivity index (χ1n) is 9.62. The van der Waals surface area contributed by atoms with Crippen molar-refractivity contribution < 1.29 is 49.9 Å². The predicted molar refractivity (Wildman–Crippen MR) is 124 cm³/mol. The van der Waals surface area contributed by atoms with Gasteiger partial charge in [-0.2, -0.15) is 17.3 Å². The third-order valence-corrected chi connectivity index (χ3v) is 6.12. The average molecular weight is 496 g/mol. The zero-order valence-electron chi connectivity index (χ0n) is 19.1. The second kappa shape index (κ2) is 14.9. The van der Waals surface area contributed by atoms with Gasteiger partial charge in [0, 0.05) is 13.6 Å². The van der Waals surface area contributed by atoms with Crippen molar-refractivity contribution in [1.82, 2.24) is 0 Å². The summed E-state index contributed by atoms with van der Waals surface area (Å²) in [5, 5.41) is 11.5. The van der Waals surface area contributed by atoms with E-state index in [0.29, 0.717) is 5.75 Å². The summed E-state index contributed by atoms with van der Waals surface area (Å²) in [4.78, 5) is 0. The minimum Gasteiger partial charge on any atom is -1.00 e. The van der Waals surface area contributed by atoms with Gasteiger partial charge in [0.25, 0.3) is 0 Å². The maximum absolute atomic E-state index is 9.93. The fourth-order valence-electron chi connectivity index (χ4n) is 2.80. The Morgan fingerprint density at radius 3 is 1.70 bits per heavy atom. The van der Waals surface area contributed by atoms with Gasteiger partial charge >= 0.3 is 37.6 Å². The Morgan fingerprint density at radius 1 is 0.867 bits per heavy atom. The zero-order valence-corrected chi connectivity index (χ0v) is 23.1. The number of hydrogen-bond donors (Lipinski definition) is 1. The zero-order chi connectivity index (χ0) is 21.3. The van der Waals surface area contributed by atoms with Gasteiger partial charge in [0.15, 0.2) is 0 Å². The molecule has 0 aromatic heterocycles. The van der Waals surface area contributed by atoms with Crippen molar-refractivity contribution in [2.24, 2.45) is 0 Å². The van der Waals surface area contributed by atoms with Crippen LogP contribution in [0.15, 0.2) is 66.7 Å². The first kappa shape index (κ1) is 31.2. The molecule has 0 unspecified atom stereocenters. The first-order chi connectivity index (χ1) is 13.0. The number of phenolic OH excluding ortho intramolecular Hbond substituents is 1. The van der Waals surface area contributed by atoms with Crippen LogP contribution >= 0.6 is 0 Å². The van der Waals surface area contributed by atoms with Gasteiger partial charge in [0.05, 0.1) is 0 Å². The normalized spacial score (nSPS) is 9.63. The molecule has 0 atom stereocenters. The SMILES string of the molecule is C[C](C)=[Ti+2].C[Si](C)(C)[c-]1cccc1.Cc1cc(C)c(-c2ccccc2)c(O)c1.[Cl-].[Cl-]. The summed E-state index contributed by atoms with van der Waals surface area (Å²) in [7, 11) is -0.981. The quantitative estimate of drug-likeness (QED) is 0.402. The van der Waals surface area contributed by atoms with Gasteiger partial charge in [-0.1, -0.05) is 56.0 Å². The Bertz CT molecular complexity index is 843. The molecule has 0 bridgehead atoms. The summed E-state index contributed by atoms with van der Waals surface area (Å²) < 4.78 is 1.42. The van der Waals surface area contributed by atoms with E-state index in [-0.39, 0.29) is 24.8 Å². The van der Waals surface area contributed by atoms with Gasteiger partial charge in [0.2, 0.25) is 0 Å². The molecule has 0 saturated carbocycles. The molecule has 1 N–H and O–H groups in total. The van der Waals surface area contributed by atoms with Crippen LogP contribution in [0.3, 0.4) is 0 Å². The molecule has 0 radical (unpaired) electrons. The molecule has 0 saturated heterocycles. The van der Waals surface area contributed by atoms with Crippen LogP contribution in [0.2, 0.25) is 19.6 Å². The van der Waals surface area contributed by atoms with E-state index >= 15 is 0 Å². The van der Waals surface area contributed by atoms with E-state index in [4.69, 9.17) is 0 Å². The summed E-state index contributed by atoms with van der Waals surface area (Å²) in [6.45, 7) is 15.3. The van der Waals surface area contributed by atoms with Crippen molar-refractivity contribution in [1.29, 1.82) is 0 Å². The van der Waals surface area contributed by atoms with Crippen LogP contribution in [0, 0.1) is 13.8 Å². The van der Waals surface area contributed by atoms with Crippen LogP contribution in [0.1, 0.15) is 25.0 Å². The molecular formula is C25H33Cl2OSiTi-. The minimum absolute atomic E-state index is 0. The Kier molecular flexibility index (Phi) is 15.5. The second-order valence-corrected chi connectivity index (χ2v) is 14.9. The molecule has 0 aliphatic heterocycles. The Morgan fingerprint density at radius 2 is 1.33 bits per heavy atom. The number of phenols is 1. The second-order valence-electron chi connectivity index (χ2n) is 8.27. The summed E-state index contributed by atoms with van der Waals surface area (Å²) >= 11 is 2.08. The predicted octanol–water partition coefficient (Wildman–Crippen LogP) is 0.380. The number of aromatic hydroxyl groups is 1. The van der Waals surface area contributed by atoms with Crippen molar-refractivity contribution >= 4 is 17.1 Å². The van der Waals surface area contributed by atoms with Gasteiger partial charge in [0.1, 0.15) is 5.75 Å². The smallest absolute Gasteiger partial charge is 0.123 e.